The number of aliphatic hydroxyl groups excluding tert-OH is 1. The SMILES string of the molecule is CC(CO)C(C)Nc1cccc(C#N)n1. The van der Waals surface area contributed by atoms with Gasteiger partial charge in [0.15, 0.2) is 0 Å². The molecule has 0 spiro atoms. The van der Waals surface area contributed by atoms with E-state index in [2.05, 4.69) is 10.3 Å². The van der Waals surface area contributed by atoms with E-state index in [-0.39, 0.29) is 18.6 Å². The highest BCUT2D eigenvalue weighted by Gasteiger charge is 2.11. The van der Waals surface area contributed by atoms with Crippen molar-refractivity contribution in [2.24, 2.45) is 5.92 Å². The number of aliphatic hydroxyl groups is 1. The van der Waals surface area contributed by atoms with E-state index in [4.69, 9.17) is 10.4 Å². The van der Waals surface area contributed by atoms with E-state index in [9.17, 15) is 0 Å². The van der Waals surface area contributed by atoms with Gasteiger partial charge >= 0.3 is 0 Å². The number of nitrogens with zero attached hydrogens (tertiary/aromatic N) is 2. The molecule has 1 rings (SSSR count). The van der Waals surface area contributed by atoms with E-state index in [1.54, 1.807) is 18.2 Å². The summed E-state index contributed by atoms with van der Waals surface area (Å²) in [6.45, 7) is 4.06. The summed E-state index contributed by atoms with van der Waals surface area (Å²) in [4.78, 5) is 4.09. The fourth-order valence-electron chi connectivity index (χ4n) is 1.11. The Hall–Kier alpha value is -1.60. The number of nitrogens with one attached hydrogen (secondary N) is 1. The van der Waals surface area contributed by atoms with Crippen LogP contribution in [0.15, 0.2) is 18.2 Å². The third kappa shape index (κ3) is 3.22. The van der Waals surface area contributed by atoms with Gasteiger partial charge < -0.3 is 10.4 Å². The van der Waals surface area contributed by atoms with Crippen LogP contribution in [0, 0.1) is 17.2 Å². The smallest absolute Gasteiger partial charge is 0.142 e. The Kier molecular flexibility index (Phi) is 4.07. The van der Waals surface area contributed by atoms with E-state index in [0.29, 0.717) is 11.5 Å². The van der Waals surface area contributed by atoms with Crippen molar-refractivity contribution in [1.82, 2.24) is 4.98 Å². The largest absolute Gasteiger partial charge is 0.396 e. The molecule has 2 N–H and O–H groups in total. The molecule has 1 aromatic heterocycles. The van der Waals surface area contributed by atoms with Gasteiger partial charge in [0.1, 0.15) is 17.6 Å². The van der Waals surface area contributed by atoms with Gasteiger partial charge in [-0.25, -0.2) is 4.98 Å². The fraction of sp³-hybridized carbons (Fsp3) is 0.455. The van der Waals surface area contributed by atoms with Gasteiger partial charge in [-0.3, -0.25) is 0 Å². The van der Waals surface area contributed by atoms with E-state index < -0.39 is 0 Å². The molecule has 2 atom stereocenters. The van der Waals surface area contributed by atoms with Crippen LogP contribution in [0.1, 0.15) is 19.5 Å². The second-order valence-corrected chi connectivity index (χ2v) is 3.61. The van der Waals surface area contributed by atoms with Crippen LogP contribution < -0.4 is 5.32 Å². The van der Waals surface area contributed by atoms with Gasteiger partial charge in [0.05, 0.1) is 0 Å². The molecule has 0 radical (unpaired) electrons. The lowest BCUT2D eigenvalue weighted by Gasteiger charge is -2.19. The molecule has 0 saturated heterocycles. The van der Waals surface area contributed by atoms with Crippen molar-refractivity contribution >= 4 is 5.82 Å². The van der Waals surface area contributed by atoms with Gasteiger partial charge in [-0.15, -0.1) is 0 Å². The summed E-state index contributed by atoms with van der Waals surface area (Å²) >= 11 is 0. The van der Waals surface area contributed by atoms with E-state index in [0.717, 1.165) is 0 Å². The van der Waals surface area contributed by atoms with Gasteiger partial charge in [0, 0.05) is 12.6 Å². The molecule has 2 unspecified atom stereocenters. The Morgan fingerprint density at radius 3 is 2.87 bits per heavy atom. The molecule has 0 aliphatic heterocycles. The number of nitriles is 1. The Morgan fingerprint density at radius 1 is 1.53 bits per heavy atom. The first-order valence-corrected chi connectivity index (χ1v) is 4.92. The number of aromatic nitrogens is 1. The van der Waals surface area contributed by atoms with Crippen molar-refractivity contribution in [1.29, 1.82) is 5.26 Å². The lowest BCUT2D eigenvalue weighted by Crippen LogP contribution is -2.26. The van der Waals surface area contributed by atoms with Crippen molar-refractivity contribution in [2.75, 3.05) is 11.9 Å². The predicted octanol–water partition coefficient (Wildman–Crippen LogP) is 1.38. The summed E-state index contributed by atoms with van der Waals surface area (Å²) < 4.78 is 0. The quantitative estimate of drug-likeness (QED) is 0.779. The highest BCUT2D eigenvalue weighted by molar-refractivity contribution is 5.39. The van der Waals surface area contributed by atoms with E-state index in [1.807, 2.05) is 19.9 Å². The molecular formula is C11H15N3O. The molecule has 1 heterocycles. The first kappa shape index (κ1) is 11.5. The van der Waals surface area contributed by atoms with Crippen LogP contribution in [0.2, 0.25) is 0 Å². The molecule has 4 heteroatoms. The molecule has 0 bridgehead atoms. The highest BCUT2D eigenvalue weighted by Crippen LogP contribution is 2.10. The van der Waals surface area contributed by atoms with Gasteiger partial charge in [-0.05, 0) is 25.0 Å². The number of hydrogen-bond acceptors (Lipinski definition) is 4. The summed E-state index contributed by atoms with van der Waals surface area (Å²) in [7, 11) is 0. The summed E-state index contributed by atoms with van der Waals surface area (Å²) in [5.41, 5.74) is 0.392. The predicted molar refractivity (Wildman–Crippen MR) is 58.3 cm³/mol. The van der Waals surface area contributed by atoms with Crippen LogP contribution in [0.3, 0.4) is 0 Å². The van der Waals surface area contributed by atoms with Crippen molar-refractivity contribution in [3.8, 4) is 6.07 Å². The Labute approximate surface area is 89.6 Å². The van der Waals surface area contributed by atoms with E-state index >= 15 is 0 Å². The lowest BCUT2D eigenvalue weighted by molar-refractivity contribution is 0.226. The monoisotopic (exact) mass is 205 g/mol. The molecule has 80 valence electrons. The molecule has 1 aromatic rings. The molecule has 4 nitrogen and oxygen atoms in total. The maximum Gasteiger partial charge on any atom is 0.142 e. The average Bonchev–Trinajstić information content (AvgIpc) is 2.28. The van der Waals surface area contributed by atoms with Crippen LogP contribution in [0.5, 0.6) is 0 Å². The van der Waals surface area contributed by atoms with Crippen molar-refractivity contribution in [3.63, 3.8) is 0 Å². The van der Waals surface area contributed by atoms with Crippen molar-refractivity contribution in [3.05, 3.63) is 23.9 Å². The summed E-state index contributed by atoms with van der Waals surface area (Å²) in [6, 6.07) is 7.35. The van der Waals surface area contributed by atoms with Crippen LogP contribution >= 0.6 is 0 Å². The van der Waals surface area contributed by atoms with Crippen LogP contribution in [0.4, 0.5) is 5.82 Å². The topological polar surface area (TPSA) is 68.9 Å². The molecule has 0 aromatic carbocycles. The van der Waals surface area contributed by atoms with Crippen molar-refractivity contribution in [2.45, 2.75) is 19.9 Å². The normalized spacial score (nSPS) is 14.0. The van der Waals surface area contributed by atoms with Gasteiger partial charge in [0.2, 0.25) is 0 Å². The Morgan fingerprint density at radius 2 is 2.27 bits per heavy atom. The number of hydrogen-bond donors (Lipinski definition) is 2. The van der Waals surface area contributed by atoms with Crippen LogP contribution in [-0.4, -0.2) is 22.7 Å². The molecule has 0 fully saturated rings. The van der Waals surface area contributed by atoms with Crippen LogP contribution in [-0.2, 0) is 0 Å². The lowest BCUT2D eigenvalue weighted by atomic mass is 10.1. The first-order valence-electron chi connectivity index (χ1n) is 4.92. The molecule has 15 heavy (non-hydrogen) atoms. The van der Waals surface area contributed by atoms with Gasteiger partial charge in [0.25, 0.3) is 0 Å². The first-order chi connectivity index (χ1) is 7.17. The Balaban J connectivity index is 2.68. The standard InChI is InChI=1S/C11H15N3O/c1-8(7-15)9(2)13-11-5-3-4-10(6-12)14-11/h3-5,8-9,15H,7H2,1-2H3,(H,13,14). The number of rotatable bonds is 4. The number of anilines is 1. The molecule has 0 amide bonds. The summed E-state index contributed by atoms with van der Waals surface area (Å²) in [5.74, 6) is 0.819. The minimum absolute atomic E-state index is 0.122. The second-order valence-electron chi connectivity index (χ2n) is 3.61. The minimum atomic E-state index is 0.122. The maximum atomic E-state index is 8.97. The minimum Gasteiger partial charge on any atom is -0.396 e. The molecule has 0 saturated carbocycles. The van der Waals surface area contributed by atoms with E-state index in [1.165, 1.54) is 0 Å². The summed E-state index contributed by atoms with van der Waals surface area (Å²) in [5, 5.41) is 20.8. The van der Waals surface area contributed by atoms with Crippen LogP contribution in [0.25, 0.3) is 0 Å². The zero-order valence-electron chi connectivity index (χ0n) is 8.94. The van der Waals surface area contributed by atoms with Crippen molar-refractivity contribution < 1.29 is 5.11 Å². The Bertz CT molecular complexity index is 359. The molecule has 0 aliphatic rings. The third-order valence-corrected chi connectivity index (χ3v) is 2.38. The maximum absolute atomic E-state index is 8.97. The zero-order chi connectivity index (χ0) is 11.3. The highest BCUT2D eigenvalue weighted by atomic mass is 16.3. The third-order valence-electron chi connectivity index (χ3n) is 2.38. The fourth-order valence-corrected chi connectivity index (χ4v) is 1.11. The van der Waals surface area contributed by atoms with Gasteiger partial charge in [-0.1, -0.05) is 13.0 Å². The summed E-state index contributed by atoms with van der Waals surface area (Å²) in [6.07, 6.45) is 0. The average molecular weight is 205 g/mol. The second kappa shape index (κ2) is 5.32. The molecular weight excluding hydrogens is 190 g/mol. The molecule has 0 aliphatic carbocycles. The number of pyridine rings is 1. The zero-order valence-corrected chi connectivity index (χ0v) is 8.94. The van der Waals surface area contributed by atoms with Gasteiger partial charge in [-0.2, -0.15) is 5.26 Å².